The molecule has 3 nitrogen and oxygen atoms in total. The van der Waals surface area contributed by atoms with E-state index in [0.29, 0.717) is 27.5 Å². The maximum absolute atomic E-state index is 6.08. The van der Waals surface area contributed by atoms with E-state index in [1.807, 2.05) is 53.9 Å². The molecule has 0 saturated carbocycles. The highest BCUT2D eigenvalue weighted by atomic mass is 35.5. The van der Waals surface area contributed by atoms with Gasteiger partial charge in [0.25, 0.3) is 0 Å². The molecule has 0 N–H and O–H groups in total. The highest BCUT2D eigenvalue weighted by Crippen LogP contribution is 2.33. The van der Waals surface area contributed by atoms with Gasteiger partial charge in [0.1, 0.15) is 33.9 Å². The summed E-state index contributed by atoms with van der Waals surface area (Å²) in [5.74, 6) is 2.90. The van der Waals surface area contributed by atoms with Crippen LogP contribution < -0.4 is 14.2 Å². The summed E-state index contributed by atoms with van der Waals surface area (Å²) in [6.45, 7) is 0.373. The highest BCUT2D eigenvalue weighted by molar-refractivity contribution is 7.15. The van der Waals surface area contributed by atoms with Gasteiger partial charge < -0.3 is 14.2 Å². The first-order valence-electron chi connectivity index (χ1n) is 7.12. The number of hydrogen-bond donors (Lipinski definition) is 0. The van der Waals surface area contributed by atoms with Crippen LogP contribution in [0.25, 0.3) is 0 Å². The molecule has 0 bridgehead atoms. The maximum Gasteiger partial charge on any atom is 0.131 e. The molecule has 0 amide bonds. The second-order valence-corrected chi connectivity index (χ2v) is 6.75. The Labute approximate surface area is 154 Å². The fourth-order valence-electron chi connectivity index (χ4n) is 2.02. The summed E-state index contributed by atoms with van der Waals surface area (Å²) in [5, 5.41) is 2.45. The summed E-state index contributed by atoms with van der Waals surface area (Å²) in [6.07, 6.45) is 0. The van der Waals surface area contributed by atoms with Crippen molar-refractivity contribution >= 4 is 34.5 Å². The Balaban J connectivity index is 1.61. The zero-order valence-corrected chi connectivity index (χ0v) is 15.1. The van der Waals surface area contributed by atoms with Crippen molar-refractivity contribution in [3.8, 4) is 23.0 Å². The molecule has 6 heteroatoms. The van der Waals surface area contributed by atoms with E-state index in [0.717, 1.165) is 17.1 Å². The molecule has 0 aliphatic heterocycles. The largest absolute Gasteiger partial charge is 0.497 e. The van der Waals surface area contributed by atoms with Crippen molar-refractivity contribution in [3.63, 3.8) is 0 Å². The topological polar surface area (TPSA) is 27.7 Å². The number of halogens is 2. The van der Waals surface area contributed by atoms with Gasteiger partial charge in [-0.3, -0.25) is 0 Å². The molecule has 1 heterocycles. The monoisotopic (exact) mass is 380 g/mol. The van der Waals surface area contributed by atoms with Crippen molar-refractivity contribution < 1.29 is 14.2 Å². The number of thiophene rings is 1. The van der Waals surface area contributed by atoms with Crippen LogP contribution in [-0.4, -0.2) is 7.11 Å². The zero-order chi connectivity index (χ0) is 16.9. The third kappa shape index (κ3) is 4.15. The second kappa shape index (κ2) is 7.79. The molecule has 0 saturated heterocycles. The Morgan fingerprint density at radius 1 is 0.917 bits per heavy atom. The summed E-state index contributed by atoms with van der Waals surface area (Å²) in [5.41, 5.74) is 0.878. The Hall–Kier alpha value is -1.88. The molecule has 0 aliphatic rings. The summed E-state index contributed by atoms with van der Waals surface area (Å²) in [4.78, 5) is 0. The molecular weight excluding hydrogens is 367 g/mol. The number of rotatable bonds is 6. The lowest BCUT2D eigenvalue weighted by molar-refractivity contribution is 0.306. The predicted octanol–water partition coefficient (Wildman–Crippen LogP) is 6.43. The molecule has 24 heavy (non-hydrogen) atoms. The molecule has 0 spiro atoms. The van der Waals surface area contributed by atoms with Crippen LogP contribution in [0, 0.1) is 0 Å². The molecule has 124 valence electrons. The van der Waals surface area contributed by atoms with Crippen LogP contribution in [0.5, 0.6) is 23.0 Å². The molecule has 0 fully saturated rings. The Morgan fingerprint density at radius 2 is 1.62 bits per heavy atom. The van der Waals surface area contributed by atoms with Gasteiger partial charge in [-0.1, -0.05) is 29.3 Å². The van der Waals surface area contributed by atoms with Crippen molar-refractivity contribution in [1.29, 1.82) is 0 Å². The molecule has 3 rings (SSSR count). The quantitative estimate of drug-likeness (QED) is 0.492. The zero-order valence-electron chi connectivity index (χ0n) is 12.8. The highest BCUT2D eigenvalue weighted by Gasteiger charge is 2.08. The average Bonchev–Trinajstić information content (AvgIpc) is 2.93. The van der Waals surface area contributed by atoms with Gasteiger partial charge >= 0.3 is 0 Å². The SMILES string of the molecule is COc1cccc(Oc2ccc(OCc3csc(Cl)c3Cl)cc2)c1. The van der Waals surface area contributed by atoms with E-state index in [4.69, 9.17) is 37.4 Å². The van der Waals surface area contributed by atoms with Crippen molar-refractivity contribution in [2.24, 2.45) is 0 Å². The number of hydrogen-bond acceptors (Lipinski definition) is 4. The van der Waals surface area contributed by atoms with Crippen LogP contribution in [0.15, 0.2) is 53.9 Å². The third-order valence-electron chi connectivity index (χ3n) is 3.25. The smallest absolute Gasteiger partial charge is 0.131 e. The Bertz CT molecular complexity index is 815. The maximum atomic E-state index is 6.08. The Morgan fingerprint density at radius 3 is 2.29 bits per heavy atom. The Kier molecular flexibility index (Phi) is 5.51. The predicted molar refractivity (Wildman–Crippen MR) is 98.2 cm³/mol. The molecule has 3 aromatic rings. The van der Waals surface area contributed by atoms with E-state index < -0.39 is 0 Å². The van der Waals surface area contributed by atoms with Crippen LogP contribution in [0.3, 0.4) is 0 Å². The van der Waals surface area contributed by atoms with Crippen LogP contribution in [-0.2, 0) is 6.61 Å². The minimum atomic E-state index is 0.373. The van der Waals surface area contributed by atoms with Crippen molar-refractivity contribution in [2.45, 2.75) is 6.61 Å². The second-order valence-electron chi connectivity index (χ2n) is 4.89. The van der Waals surface area contributed by atoms with Crippen molar-refractivity contribution in [2.75, 3.05) is 7.11 Å². The fourth-order valence-corrected chi connectivity index (χ4v) is 3.24. The minimum Gasteiger partial charge on any atom is -0.497 e. The van der Waals surface area contributed by atoms with E-state index in [1.165, 1.54) is 11.3 Å². The lowest BCUT2D eigenvalue weighted by atomic mass is 10.3. The molecule has 0 atom stereocenters. The van der Waals surface area contributed by atoms with E-state index in [2.05, 4.69) is 0 Å². The summed E-state index contributed by atoms with van der Waals surface area (Å²) < 4.78 is 17.3. The third-order valence-corrected chi connectivity index (χ3v) is 5.16. The first-order chi connectivity index (χ1) is 11.7. The van der Waals surface area contributed by atoms with Crippen molar-refractivity contribution in [3.05, 3.63) is 68.8 Å². The van der Waals surface area contributed by atoms with Gasteiger partial charge in [0.15, 0.2) is 0 Å². The molecular formula is C18H14Cl2O3S. The number of ether oxygens (including phenoxy) is 3. The van der Waals surface area contributed by atoms with E-state index >= 15 is 0 Å². The van der Waals surface area contributed by atoms with E-state index in [1.54, 1.807) is 7.11 Å². The van der Waals surface area contributed by atoms with Crippen LogP contribution in [0.4, 0.5) is 0 Å². The molecule has 0 unspecified atom stereocenters. The van der Waals surface area contributed by atoms with E-state index in [9.17, 15) is 0 Å². The van der Waals surface area contributed by atoms with Gasteiger partial charge in [-0.15, -0.1) is 11.3 Å². The molecule has 1 aromatic heterocycles. The van der Waals surface area contributed by atoms with Crippen molar-refractivity contribution in [1.82, 2.24) is 0 Å². The first kappa shape index (κ1) is 17.0. The van der Waals surface area contributed by atoms with Gasteiger partial charge in [-0.25, -0.2) is 0 Å². The van der Waals surface area contributed by atoms with Gasteiger partial charge in [0.05, 0.1) is 12.1 Å². The number of methoxy groups -OCH3 is 1. The molecule has 2 aromatic carbocycles. The van der Waals surface area contributed by atoms with Crippen LogP contribution in [0.2, 0.25) is 9.36 Å². The molecule has 0 radical (unpaired) electrons. The lowest BCUT2D eigenvalue weighted by Crippen LogP contribution is -1.94. The van der Waals surface area contributed by atoms with Gasteiger partial charge in [-0.2, -0.15) is 0 Å². The minimum absolute atomic E-state index is 0.373. The fraction of sp³-hybridized carbons (Fsp3) is 0.111. The van der Waals surface area contributed by atoms with Gasteiger partial charge in [-0.05, 0) is 36.4 Å². The lowest BCUT2D eigenvalue weighted by Gasteiger charge is -2.09. The molecule has 0 aliphatic carbocycles. The van der Waals surface area contributed by atoms with Crippen LogP contribution in [0.1, 0.15) is 5.56 Å². The summed E-state index contributed by atoms with van der Waals surface area (Å²) >= 11 is 13.4. The van der Waals surface area contributed by atoms with Gasteiger partial charge in [0, 0.05) is 17.0 Å². The van der Waals surface area contributed by atoms with Crippen LogP contribution >= 0.6 is 34.5 Å². The van der Waals surface area contributed by atoms with Gasteiger partial charge in [0.2, 0.25) is 0 Å². The number of benzene rings is 2. The average molecular weight is 381 g/mol. The van der Waals surface area contributed by atoms with E-state index in [-0.39, 0.29) is 0 Å². The summed E-state index contributed by atoms with van der Waals surface area (Å²) in [7, 11) is 1.62. The standard InChI is InChI=1S/C18H14Cl2O3S/c1-21-15-3-2-4-16(9-15)23-14-7-5-13(6-8-14)22-10-12-11-24-18(20)17(12)19/h2-9,11H,10H2,1H3. The summed E-state index contributed by atoms with van der Waals surface area (Å²) in [6, 6.07) is 14.8. The normalized spacial score (nSPS) is 10.5. The first-order valence-corrected chi connectivity index (χ1v) is 8.75.